The number of carbonyl (C=O) groups is 1. The molecule has 0 aliphatic carbocycles. The fraction of sp³-hybridized carbons (Fsp3) is 0.933. The first-order valence-corrected chi connectivity index (χ1v) is 15.3. The lowest BCUT2D eigenvalue weighted by Crippen LogP contribution is -2.35. The summed E-state index contributed by atoms with van der Waals surface area (Å²) in [6.45, 7) is 5.15. The van der Waals surface area contributed by atoms with E-state index < -0.39 is 38.3 Å². The quantitative estimate of drug-likeness (QED) is 0.0554. The molecule has 4 unspecified atom stereocenters. The monoisotopic (exact) mass is 552 g/mol. The van der Waals surface area contributed by atoms with E-state index in [4.69, 9.17) is 32.5 Å². The van der Waals surface area contributed by atoms with E-state index in [1.807, 2.05) is 13.8 Å². The minimum absolute atomic E-state index is 0.0261. The zero-order chi connectivity index (χ0) is 24.0. The van der Waals surface area contributed by atoms with Gasteiger partial charge in [-0.1, -0.05) is 21.6 Å². The lowest BCUT2D eigenvalue weighted by molar-refractivity contribution is -0.121. The van der Waals surface area contributed by atoms with E-state index >= 15 is 0 Å². The van der Waals surface area contributed by atoms with Crippen LogP contribution in [0.25, 0.3) is 0 Å². The van der Waals surface area contributed by atoms with Crippen molar-refractivity contribution >= 4 is 61.6 Å². The van der Waals surface area contributed by atoms with Gasteiger partial charge in [-0.25, -0.2) is 4.31 Å². The summed E-state index contributed by atoms with van der Waals surface area (Å²) in [7, 11) is 3.17. The molecule has 1 fully saturated rings. The van der Waals surface area contributed by atoms with Crippen molar-refractivity contribution in [2.24, 2.45) is 5.73 Å². The zero-order valence-corrected chi connectivity index (χ0v) is 22.5. The molecule has 1 saturated heterocycles. The van der Waals surface area contributed by atoms with Gasteiger partial charge in [0.15, 0.2) is 9.03 Å². The van der Waals surface area contributed by atoms with Crippen molar-refractivity contribution < 1.29 is 42.1 Å². The number of nitrogens with two attached hydrogens (primary N) is 1. The van der Waals surface area contributed by atoms with Crippen LogP contribution < -0.4 is 11.1 Å². The van der Waals surface area contributed by atoms with E-state index in [-0.39, 0.29) is 23.4 Å². The highest BCUT2D eigenvalue weighted by atomic mass is 33.1. The van der Waals surface area contributed by atoms with Crippen LogP contribution in [0.2, 0.25) is 0 Å². The lowest BCUT2D eigenvalue weighted by Gasteiger charge is -2.24. The van der Waals surface area contributed by atoms with Crippen molar-refractivity contribution in [1.29, 1.82) is 0 Å². The minimum Gasteiger partial charge on any atom is -0.380 e. The van der Waals surface area contributed by atoms with Crippen LogP contribution in [-0.4, -0.2) is 77.0 Å². The largest absolute Gasteiger partial charge is 0.380 e. The maximum Gasteiger partial charge on any atom is 0.342 e. The van der Waals surface area contributed by atoms with Crippen LogP contribution in [0.1, 0.15) is 39.5 Å². The topological polar surface area (TPSA) is 162 Å². The Labute approximate surface area is 202 Å². The molecule has 11 nitrogen and oxygen atoms in total. The molecule has 0 aromatic carbocycles. The summed E-state index contributed by atoms with van der Waals surface area (Å²) in [6, 6.07) is -0.517. The van der Waals surface area contributed by atoms with Gasteiger partial charge >= 0.3 is 17.2 Å². The number of hydrogen-bond donors (Lipinski definition) is 5. The lowest BCUT2D eigenvalue weighted by atomic mass is 9.96. The molecular formula is C15H32BN2O9P3S2. The first-order valence-electron chi connectivity index (χ1n) is 9.82. The number of amides is 1. The molecule has 6 N–H and O–H groups in total. The Morgan fingerprint density at radius 1 is 1.38 bits per heavy atom. The summed E-state index contributed by atoms with van der Waals surface area (Å²) >= 11 is 0. The summed E-state index contributed by atoms with van der Waals surface area (Å²) in [5.74, 6) is 0.395. The third-order valence-electron chi connectivity index (χ3n) is 4.02. The van der Waals surface area contributed by atoms with Crippen LogP contribution in [0.5, 0.6) is 0 Å². The van der Waals surface area contributed by atoms with Crippen LogP contribution in [0.3, 0.4) is 0 Å². The van der Waals surface area contributed by atoms with Crippen LogP contribution in [0, 0.1) is 0 Å². The summed E-state index contributed by atoms with van der Waals surface area (Å²) in [6.07, 6.45) is 1.73. The first-order chi connectivity index (χ1) is 15.2. The van der Waals surface area contributed by atoms with Crippen LogP contribution >= 0.6 is 47.8 Å². The van der Waals surface area contributed by atoms with Crippen molar-refractivity contribution in [2.45, 2.75) is 62.5 Å². The molecule has 186 valence electrons. The second-order valence-electron chi connectivity index (χ2n) is 7.29. The van der Waals surface area contributed by atoms with Crippen molar-refractivity contribution in [3.63, 3.8) is 0 Å². The molecule has 1 amide bonds. The maximum absolute atomic E-state index is 11.9. The highest BCUT2D eigenvalue weighted by Gasteiger charge is 2.35. The fourth-order valence-electron chi connectivity index (χ4n) is 2.50. The number of carbonyl (C=O) groups excluding carboxylic acids is 1. The highest BCUT2D eigenvalue weighted by molar-refractivity contribution is 8.77. The molecule has 32 heavy (non-hydrogen) atoms. The van der Waals surface area contributed by atoms with E-state index in [0.29, 0.717) is 31.9 Å². The number of ether oxygens (including phenoxy) is 2. The van der Waals surface area contributed by atoms with Gasteiger partial charge in [-0.15, -0.1) is 0 Å². The Morgan fingerprint density at radius 3 is 2.81 bits per heavy atom. The van der Waals surface area contributed by atoms with Gasteiger partial charge in [0, 0.05) is 23.7 Å². The Balaban J connectivity index is 2.27. The molecule has 0 saturated carbocycles. The van der Waals surface area contributed by atoms with Gasteiger partial charge < -0.3 is 39.7 Å². The van der Waals surface area contributed by atoms with E-state index in [9.17, 15) is 14.6 Å². The van der Waals surface area contributed by atoms with Crippen LogP contribution in [-0.2, 0) is 27.4 Å². The molecule has 1 aliphatic heterocycles. The number of hydrogen-bond acceptors (Lipinski definition) is 12. The predicted octanol–water partition coefficient (Wildman–Crippen LogP) is 2.01. The Hall–Kier alpha value is 1.16. The summed E-state index contributed by atoms with van der Waals surface area (Å²) in [5.41, 5.74) is 5.44. The maximum atomic E-state index is 11.9. The van der Waals surface area contributed by atoms with E-state index in [0.717, 1.165) is 12.8 Å². The van der Waals surface area contributed by atoms with E-state index in [1.165, 1.54) is 10.8 Å². The molecular weight excluding hydrogens is 520 g/mol. The number of rotatable bonds is 18. The minimum atomic E-state index is -2.42. The second-order valence-corrected chi connectivity index (χ2v) is 13.0. The smallest absolute Gasteiger partial charge is 0.342 e. The molecule has 0 spiro atoms. The van der Waals surface area contributed by atoms with Gasteiger partial charge in [0.25, 0.3) is 0 Å². The van der Waals surface area contributed by atoms with E-state index in [2.05, 4.69) is 13.9 Å². The van der Waals surface area contributed by atoms with Crippen molar-refractivity contribution in [1.82, 2.24) is 5.32 Å². The van der Waals surface area contributed by atoms with Gasteiger partial charge in [0.1, 0.15) is 19.9 Å². The van der Waals surface area contributed by atoms with Crippen LogP contribution in [0.4, 0.5) is 0 Å². The Kier molecular flexibility index (Phi) is 17.1. The van der Waals surface area contributed by atoms with Crippen molar-refractivity contribution in [2.75, 3.05) is 25.6 Å². The van der Waals surface area contributed by atoms with Gasteiger partial charge in [-0.05, 0) is 39.7 Å². The predicted molar refractivity (Wildman–Crippen MR) is 131 cm³/mol. The molecule has 0 aromatic heterocycles. The van der Waals surface area contributed by atoms with Gasteiger partial charge in [-0.2, -0.15) is 0 Å². The molecule has 6 atom stereocenters. The molecule has 0 aromatic rings. The normalized spacial score (nSPS) is 23.6. The zero-order valence-electron chi connectivity index (χ0n) is 18.0. The third kappa shape index (κ3) is 14.5. The van der Waals surface area contributed by atoms with Crippen molar-refractivity contribution in [3.05, 3.63) is 0 Å². The van der Waals surface area contributed by atoms with E-state index in [1.54, 1.807) is 10.8 Å². The second kappa shape index (κ2) is 17.6. The molecule has 2 radical (unpaired) electrons. The summed E-state index contributed by atoms with van der Waals surface area (Å²) in [5, 5.41) is 2.94. The molecule has 0 bridgehead atoms. The number of nitrogens with one attached hydrogen (secondary N) is 1. The standard InChI is InChI=1S/C15H32BN2O9P3S2/c1-15(2,9-18-14(19)5-3-4-6-17)32-31-10-23-11-7-13(16)25-12(11)8-24-29(21)27-30(22)26-28-20/h11-13,20-22,28H,3-10,17H2,1-2H3,(H,18,19)/t11-,12?,13-,29?,30?/m1/s1. The SMILES string of the molecule is [B][C@H]1C[C@@H](OCSSC(C)(C)CNC(=O)CCCCN)C(COP(O)OP(O)OPO)O1. The molecule has 17 heteroatoms. The summed E-state index contributed by atoms with van der Waals surface area (Å²) in [4.78, 5) is 39.3. The Bertz CT molecular complexity index is 537. The van der Waals surface area contributed by atoms with Gasteiger partial charge in [0.2, 0.25) is 5.91 Å². The average molecular weight is 552 g/mol. The summed E-state index contributed by atoms with van der Waals surface area (Å²) < 4.78 is 25.5. The van der Waals surface area contributed by atoms with Crippen LogP contribution in [0.15, 0.2) is 0 Å². The number of unbranched alkanes of at least 4 members (excludes halogenated alkanes) is 1. The highest BCUT2D eigenvalue weighted by Crippen LogP contribution is 2.52. The molecule has 1 aliphatic rings. The molecule has 1 heterocycles. The Morgan fingerprint density at radius 2 is 2.12 bits per heavy atom. The first kappa shape index (κ1) is 31.2. The molecule has 1 rings (SSSR count). The average Bonchev–Trinajstić information content (AvgIpc) is 3.08. The van der Waals surface area contributed by atoms with Gasteiger partial charge in [-0.3, -0.25) is 9.11 Å². The van der Waals surface area contributed by atoms with Gasteiger partial charge in [0.05, 0.1) is 12.7 Å². The third-order valence-corrected chi connectivity index (χ3v) is 9.40. The van der Waals surface area contributed by atoms with Crippen molar-refractivity contribution in [3.8, 4) is 0 Å². The fourth-order valence-corrected chi connectivity index (χ4v) is 6.33.